The molecule has 1 aromatic carbocycles. The van der Waals surface area contributed by atoms with Crippen molar-refractivity contribution in [3.05, 3.63) is 36.1 Å². The van der Waals surface area contributed by atoms with Crippen molar-refractivity contribution in [3.8, 4) is 11.5 Å². The Hall–Kier alpha value is -2.13. The first-order valence-electron chi connectivity index (χ1n) is 29.0. The van der Waals surface area contributed by atoms with Crippen LogP contribution in [-0.2, 0) is 20.7 Å². The van der Waals surface area contributed by atoms with Gasteiger partial charge in [-0.2, -0.15) is 0 Å². The average Bonchev–Trinajstić information content (AvgIpc) is 4.24. The molecule has 9 N–H and O–H groups in total. The highest BCUT2D eigenvalue weighted by Gasteiger charge is 2.78. The zero-order valence-electron chi connectivity index (χ0n) is 44.5. The van der Waals surface area contributed by atoms with E-state index >= 15 is 0 Å². The number of nitrogens with one attached hydrogen (secondary N) is 2. The van der Waals surface area contributed by atoms with Gasteiger partial charge in [-0.15, -0.1) is 0 Å². The molecule has 75 heavy (non-hydrogen) atoms. The van der Waals surface area contributed by atoms with Crippen LogP contribution in [0.5, 0.6) is 11.5 Å². The fourth-order valence-electron chi connectivity index (χ4n) is 17.5. The molecule has 2 saturated heterocycles. The molecule has 2 aromatic rings. The van der Waals surface area contributed by atoms with Crippen molar-refractivity contribution in [2.75, 3.05) is 39.2 Å². The van der Waals surface area contributed by atoms with Crippen LogP contribution in [0.3, 0.4) is 0 Å². The number of esters is 1. The van der Waals surface area contributed by atoms with Crippen LogP contribution in [0.1, 0.15) is 141 Å². The Labute approximate surface area is 450 Å². The summed E-state index contributed by atoms with van der Waals surface area (Å²) in [4.78, 5) is 13.1. The van der Waals surface area contributed by atoms with E-state index < -0.39 is 77.3 Å². The van der Waals surface area contributed by atoms with Crippen molar-refractivity contribution in [2.24, 2.45) is 46.8 Å². The number of hydrogen-bond acceptors (Lipinski definition) is 17. The van der Waals surface area contributed by atoms with Gasteiger partial charge < -0.3 is 69.7 Å². The number of benzene rings is 1. The number of carbonyl (C=O) groups is 1. The molecule has 4 heterocycles. The zero-order valence-corrected chi connectivity index (χ0v) is 46.1. The van der Waals surface area contributed by atoms with E-state index in [0.717, 1.165) is 77.0 Å². The normalized spacial score (nSPS) is 44.5. The van der Waals surface area contributed by atoms with Gasteiger partial charge >= 0.3 is 5.97 Å². The third-order valence-corrected chi connectivity index (χ3v) is 24.7. The Morgan fingerprint density at radius 1 is 0.960 bits per heavy atom. The minimum absolute atomic E-state index is 0.00894. The lowest BCUT2D eigenvalue weighted by atomic mass is 9.50. The Morgan fingerprint density at radius 2 is 1.79 bits per heavy atom. The standard InChI is InChI=1S/C58H86N2O13S2/c1-4-69-46(64)17-13-35-28-36-19-26-70-48(36)50-49(35)72-52-58(68)47-38(12-15-42(62)40(47)32-61)30-56(67,51(58)65)57(73-52)33-74-75-55(44(60-25-27-71-50)16-10-34(2)8-7-9-45(57)63)24-23-53(29-37-11-14-41(59-3)39(37)31-53)43(55)18-22-54(66)20-5-6-21-54/h12,15,19,26,28,34,37-45,47,51-52,59-63,65-68H,4-11,13-14,16-18,20-25,27,29-33H2,1-3H3/t34-,37+,38+,39+,40+,41-,42+,43+,44-,45+,47-,51+,52-,53-,55+,56+,57-,58-/m1/s1. The Bertz CT molecular complexity index is 2390. The van der Waals surface area contributed by atoms with Crippen molar-refractivity contribution in [3.63, 3.8) is 0 Å². The van der Waals surface area contributed by atoms with E-state index in [1.54, 1.807) is 36.1 Å². The summed E-state index contributed by atoms with van der Waals surface area (Å²) in [5, 5.41) is 97.1. The number of aliphatic hydroxyl groups excluding tert-OH is 4. The SMILES string of the molecule is CCOC(=O)CCc1cc2ccoc2c2c1O[C@@H]1O[C@@]3(CSS[C@]4(CC[C@]5(C[C@@H]6CC[C@@H](NC)[C@H]6C5)[C@@H]4CCC4(O)CCCC4)[C@@H](CC[C@H](C)CCC[C@@H]3O)NCCO2)[C@]2(O)C[C@@H]3C=C[C@H](O)[C@H](CO)[C@@H]3[C@@]1(O)[C@H]2O. The van der Waals surface area contributed by atoms with Crippen LogP contribution in [0.4, 0.5) is 0 Å². The lowest BCUT2D eigenvalue weighted by molar-refractivity contribution is -0.424. The van der Waals surface area contributed by atoms with Gasteiger partial charge in [0.15, 0.2) is 16.9 Å². The predicted molar refractivity (Wildman–Crippen MR) is 287 cm³/mol. The molecule has 6 aliphatic carbocycles. The molecule has 0 unspecified atom stereocenters. The number of furan rings is 1. The van der Waals surface area contributed by atoms with Gasteiger partial charge in [0.25, 0.3) is 0 Å². The Morgan fingerprint density at radius 3 is 2.57 bits per heavy atom. The second kappa shape index (κ2) is 21.4. The molecular weight excluding hydrogens is 997 g/mol. The lowest BCUT2D eigenvalue weighted by Crippen LogP contribution is -2.86. The van der Waals surface area contributed by atoms with Crippen molar-refractivity contribution in [1.29, 1.82) is 0 Å². The van der Waals surface area contributed by atoms with E-state index in [1.165, 1.54) is 19.3 Å². The average molecular weight is 1080 g/mol. The predicted octanol–water partition coefficient (Wildman–Crippen LogP) is 6.72. The summed E-state index contributed by atoms with van der Waals surface area (Å²) in [6.45, 7) is 4.35. The molecule has 5 saturated carbocycles. The maximum atomic E-state index is 13.8. The summed E-state index contributed by atoms with van der Waals surface area (Å²) >= 11 is 0. The quantitative estimate of drug-likeness (QED) is 0.0721. The van der Waals surface area contributed by atoms with Crippen molar-refractivity contribution in [1.82, 2.24) is 10.6 Å². The largest absolute Gasteiger partial charge is 0.485 e. The van der Waals surface area contributed by atoms with Crippen LogP contribution in [-0.4, -0.2) is 145 Å². The fraction of sp³-hybridized carbons (Fsp3) is 0.810. The van der Waals surface area contributed by atoms with Crippen molar-refractivity contribution >= 4 is 38.5 Å². The highest BCUT2D eigenvalue weighted by atomic mass is 33.1. The number of hydrogen-bond donors (Lipinski definition) is 9. The summed E-state index contributed by atoms with van der Waals surface area (Å²) in [6, 6.07) is 4.15. The van der Waals surface area contributed by atoms with E-state index in [1.807, 2.05) is 22.9 Å². The van der Waals surface area contributed by atoms with Gasteiger partial charge in [-0.3, -0.25) is 4.79 Å². The first kappa shape index (κ1) is 54.8. The molecule has 1 aromatic heterocycles. The number of aryl methyl sites for hydroxylation is 1. The van der Waals surface area contributed by atoms with Crippen LogP contribution in [0.25, 0.3) is 11.0 Å². The van der Waals surface area contributed by atoms with E-state index in [2.05, 4.69) is 24.6 Å². The van der Waals surface area contributed by atoms with E-state index in [9.17, 15) is 40.5 Å². The summed E-state index contributed by atoms with van der Waals surface area (Å²) in [7, 11) is 5.55. The smallest absolute Gasteiger partial charge is 0.306 e. The van der Waals surface area contributed by atoms with E-state index in [-0.39, 0.29) is 78.3 Å². The molecule has 11 rings (SSSR count). The van der Waals surface area contributed by atoms with Gasteiger partial charge in [-0.05, 0) is 163 Å². The van der Waals surface area contributed by atoms with Crippen molar-refractivity contribution in [2.45, 2.75) is 206 Å². The molecule has 418 valence electrons. The minimum atomic E-state index is -2.49. The highest BCUT2D eigenvalue weighted by molar-refractivity contribution is 8.77. The van der Waals surface area contributed by atoms with Gasteiger partial charge in [-0.1, -0.05) is 66.3 Å². The van der Waals surface area contributed by atoms with Crippen LogP contribution < -0.4 is 20.1 Å². The number of fused-ring (bicyclic) bond motifs is 12. The first-order valence-corrected chi connectivity index (χ1v) is 31.3. The molecule has 3 aliphatic heterocycles. The summed E-state index contributed by atoms with van der Waals surface area (Å²) in [6.07, 6.45) is 14.2. The van der Waals surface area contributed by atoms with E-state index in [4.69, 9.17) is 23.4 Å². The number of aliphatic hydroxyl groups is 7. The number of rotatable bonds is 9. The number of allylic oxidation sites excluding steroid dienone is 1. The maximum absolute atomic E-state index is 13.8. The molecule has 15 nitrogen and oxygen atoms in total. The van der Waals surface area contributed by atoms with Crippen LogP contribution in [0.15, 0.2) is 35.0 Å². The fourth-order valence-corrected chi connectivity index (χ4v) is 21.8. The third kappa shape index (κ3) is 9.24. The second-order valence-corrected chi connectivity index (χ2v) is 27.8. The molecule has 18 atom stereocenters. The molecule has 5 bridgehead atoms. The first-order chi connectivity index (χ1) is 36.1. The molecule has 0 amide bonds. The summed E-state index contributed by atoms with van der Waals surface area (Å²) in [5.41, 5.74) is -6.45. The monoisotopic (exact) mass is 1080 g/mol. The van der Waals surface area contributed by atoms with Gasteiger partial charge in [0.05, 0.1) is 30.7 Å². The number of ether oxygens (including phenoxy) is 4. The van der Waals surface area contributed by atoms with Crippen molar-refractivity contribution < 1.29 is 63.9 Å². The topological polar surface area (TPSA) is 233 Å². The number of carbonyl (C=O) groups excluding carboxylic acids is 1. The van der Waals surface area contributed by atoms with Crippen LogP contribution in [0, 0.1) is 46.8 Å². The molecule has 3 spiro atoms. The van der Waals surface area contributed by atoms with Crippen LogP contribution >= 0.6 is 21.6 Å². The van der Waals surface area contributed by atoms with Gasteiger partial charge in [-0.25, -0.2) is 0 Å². The second-order valence-electron chi connectivity index (χ2n) is 25.1. The molecule has 7 fully saturated rings. The van der Waals surface area contributed by atoms with Gasteiger partial charge in [0, 0.05) is 59.4 Å². The Balaban J connectivity index is 1.09. The van der Waals surface area contributed by atoms with Gasteiger partial charge in [0.2, 0.25) is 12.0 Å². The summed E-state index contributed by atoms with van der Waals surface area (Å²) in [5.74, 6) is -1.09. The van der Waals surface area contributed by atoms with Crippen LogP contribution in [0.2, 0.25) is 0 Å². The third-order valence-electron chi connectivity index (χ3n) is 21.3. The summed E-state index contributed by atoms with van der Waals surface area (Å²) < 4.78 is 32.7. The zero-order chi connectivity index (χ0) is 52.5. The molecule has 9 aliphatic rings. The maximum Gasteiger partial charge on any atom is 0.306 e. The Kier molecular flexibility index (Phi) is 15.6. The van der Waals surface area contributed by atoms with E-state index in [0.29, 0.717) is 53.3 Å². The molecule has 0 radical (unpaired) electrons. The highest BCUT2D eigenvalue weighted by Crippen LogP contribution is 2.71. The van der Waals surface area contributed by atoms with Gasteiger partial charge in [0.1, 0.15) is 23.9 Å². The lowest BCUT2D eigenvalue weighted by Gasteiger charge is -2.67. The minimum Gasteiger partial charge on any atom is -0.485 e. The molecule has 17 heteroatoms. The molecular formula is C58H86N2O13S2.